The summed E-state index contributed by atoms with van der Waals surface area (Å²) in [5.74, 6) is 0. The van der Waals surface area contributed by atoms with Crippen LogP contribution in [0.25, 0.3) is 0 Å². The molecule has 1 fully saturated rings. The van der Waals surface area contributed by atoms with Gasteiger partial charge in [-0.05, 0) is 37.3 Å². The van der Waals surface area contributed by atoms with Crippen molar-refractivity contribution in [3.63, 3.8) is 0 Å². The van der Waals surface area contributed by atoms with Crippen molar-refractivity contribution in [1.82, 2.24) is 15.5 Å². The van der Waals surface area contributed by atoms with Crippen LogP contribution in [0.4, 0.5) is 4.79 Å². The van der Waals surface area contributed by atoms with Gasteiger partial charge in [0.2, 0.25) is 0 Å². The molecule has 0 aromatic heterocycles. The smallest absolute Gasteiger partial charge is 0.315 e. The Balaban J connectivity index is 1.88. The van der Waals surface area contributed by atoms with Crippen molar-refractivity contribution in [3.05, 3.63) is 35.4 Å². The van der Waals surface area contributed by atoms with Gasteiger partial charge in [0.15, 0.2) is 0 Å². The average Bonchev–Trinajstić information content (AvgIpc) is 2.56. The van der Waals surface area contributed by atoms with E-state index < -0.39 is 0 Å². The highest BCUT2D eigenvalue weighted by molar-refractivity contribution is 5.74. The summed E-state index contributed by atoms with van der Waals surface area (Å²) in [7, 11) is 0. The van der Waals surface area contributed by atoms with Gasteiger partial charge in [-0.1, -0.05) is 31.2 Å². The molecule has 1 aromatic rings. The van der Waals surface area contributed by atoms with E-state index in [1.807, 2.05) is 19.1 Å². The third kappa shape index (κ3) is 5.84. The van der Waals surface area contributed by atoms with Gasteiger partial charge in [-0.15, -0.1) is 0 Å². The van der Waals surface area contributed by atoms with Crippen molar-refractivity contribution in [3.8, 4) is 0 Å². The first-order valence-electron chi connectivity index (χ1n) is 8.60. The number of hydrogen-bond donors (Lipinski definition) is 3. The summed E-state index contributed by atoms with van der Waals surface area (Å²) in [4.78, 5) is 14.2. The van der Waals surface area contributed by atoms with Crippen LogP contribution in [0.15, 0.2) is 24.3 Å². The summed E-state index contributed by atoms with van der Waals surface area (Å²) in [6.07, 6.45) is 2.47. The molecule has 5 nitrogen and oxygen atoms in total. The summed E-state index contributed by atoms with van der Waals surface area (Å²) in [6, 6.07) is 8.30. The van der Waals surface area contributed by atoms with E-state index in [1.165, 1.54) is 5.56 Å². The van der Waals surface area contributed by atoms with Crippen LogP contribution in [-0.2, 0) is 13.1 Å². The van der Waals surface area contributed by atoms with Gasteiger partial charge in [-0.3, -0.25) is 4.90 Å². The molecule has 0 radical (unpaired) electrons. The van der Waals surface area contributed by atoms with Crippen molar-refractivity contribution >= 4 is 6.03 Å². The fraction of sp³-hybridized carbons (Fsp3) is 0.611. The van der Waals surface area contributed by atoms with Crippen LogP contribution in [0.2, 0.25) is 0 Å². The Labute approximate surface area is 139 Å². The van der Waals surface area contributed by atoms with E-state index >= 15 is 0 Å². The Kier molecular flexibility index (Phi) is 6.86. The van der Waals surface area contributed by atoms with Crippen molar-refractivity contribution in [2.24, 2.45) is 0 Å². The number of likely N-dealkylation sites (tertiary alicyclic amines) is 1. The SMILES string of the molecule is CCC(C)NC(=O)NCc1ccccc1CN1CCC(O)CC1. The van der Waals surface area contributed by atoms with Crippen LogP contribution in [-0.4, -0.2) is 41.3 Å². The van der Waals surface area contributed by atoms with E-state index in [1.54, 1.807) is 0 Å². The molecule has 1 saturated heterocycles. The third-order valence-electron chi connectivity index (χ3n) is 4.50. The van der Waals surface area contributed by atoms with Crippen LogP contribution in [0.5, 0.6) is 0 Å². The first kappa shape index (κ1) is 17.8. The van der Waals surface area contributed by atoms with Crippen LogP contribution >= 0.6 is 0 Å². The number of hydrogen-bond acceptors (Lipinski definition) is 3. The van der Waals surface area contributed by atoms with Gasteiger partial charge < -0.3 is 15.7 Å². The molecule has 1 atom stereocenters. The van der Waals surface area contributed by atoms with Crippen LogP contribution in [0.1, 0.15) is 44.2 Å². The number of nitrogens with one attached hydrogen (secondary N) is 2. The number of urea groups is 1. The normalized spacial score (nSPS) is 17.7. The first-order valence-corrected chi connectivity index (χ1v) is 8.60. The monoisotopic (exact) mass is 319 g/mol. The van der Waals surface area contributed by atoms with Crippen LogP contribution < -0.4 is 10.6 Å². The molecule has 1 unspecified atom stereocenters. The molecule has 2 rings (SSSR count). The highest BCUT2D eigenvalue weighted by Gasteiger charge is 2.17. The number of aliphatic hydroxyl groups is 1. The summed E-state index contributed by atoms with van der Waals surface area (Å²) < 4.78 is 0. The number of rotatable bonds is 6. The molecule has 1 aliphatic heterocycles. The largest absolute Gasteiger partial charge is 0.393 e. The predicted octanol–water partition coefficient (Wildman–Crippen LogP) is 2.24. The molecule has 5 heteroatoms. The van der Waals surface area contributed by atoms with Crippen molar-refractivity contribution in [1.29, 1.82) is 0 Å². The number of aliphatic hydroxyl groups excluding tert-OH is 1. The Morgan fingerprint density at radius 1 is 1.30 bits per heavy atom. The van der Waals surface area contributed by atoms with Crippen LogP contribution in [0, 0.1) is 0 Å². The topological polar surface area (TPSA) is 64.6 Å². The minimum absolute atomic E-state index is 0.116. The summed E-state index contributed by atoms with van der Waals surface area (Å²) in [5, 5.41) is 15.5. The maximum atomic E-state index is 11.9. The average molecular weight is 319 g/mol. The number of carbonyl (C=O) groups is 1. The third-order valence-corrected chi connectivity index (χ3v) is 4.50. The lowest BCUT2D eigenvalue weighted by molar-refractivity contribution is 0.0791. The first-order chi connectivity index (χ1) is 11.1. The predicted molar refractivity (Wildman–Crippen MR) is 92.1 cm³/mol. The zero-order chi connectivity index (χ0) is 16.7. The molecule has 3 N–H and O–H groups in total. The van der Waals surface area contributed by atoms with Gasteiger partial charge in [0.1, 0.15) is 0 Å². The summed E-state index contributed by atoms with van der Waals surface area (Å²) in [5.41, 5.74) is 2.39. The van der Waals surface area contributed by atoms with Crippen molar-refractivity contribution in [2.45, 2.75) is 58.3 Å². The van der Waals surface area contributed by atoms with Gasteiger partial charge in [0.05, 0.1) is 6.10 Å². The molecule has 0 spiro atoms. The highest BCUT2D eigenvalue weighted by Crippen LogP contribution is 2.16. The molecular weight excluding hydrogens is 290 g/mol. The lowest BCUT2D eigenvalue weighted by Gasteiger charge is -2.30. The fourth-order valence-corrected chi connectivity index (χ4v) is 2.75. The second-order valence-electron chi connectivity index (χ2n) is 6.41. The maximum absolute atomic E-state index is 11.9. The van der Waals surface area contributed by atoms with Gasteiger partial charge in [0, 0.05) is 32.2 Å². The van der Waals surface area contributed by atoms with Gasteiger partial charge in [-0.25, -0.2) is 4.79 Å². The van der Waals surface area contributed by atoms with E-state index in [2.05, 4.69) is 34.6 Å². The quantitative estimate of drug-likeness (QED) is 0.753. The molecule has 0 aliphatic carbocycles. The van der Waals surface area contributed by atoms with Gasteiger partial charge in [0.25, 0.3) is 0 Å². The second-order valence-corrected chi connectivity index (χ2v) is 6.41. The lowest BCUT2D eigenvalue weighted by Crippen LogP contribution is -2.40. The summed E-state index contributed by atoms with van der Waals surface area (Å²) >= 11 is 0. The number of amides is 2. The molecule has 1 aliphatic rings. The molecule has 23 heavy (non-hydrogen) atoms. The lowest BCUT2D eigenvalue weighted by atomic mass is 10.0. The highest BCUT2D eigenvalue weighted by atomic mass is 16.3. The minimum atomic E-state index is -0.146. The molecule has 128 valence electrons. The number of benzene rings is 1. The Morgan fingerprint density at radius 2 is 1.96 bits per heavy atom. The van der Waals surface area contributed by atoms with Gasteiger partial charge in [-0.2, -0.15) is 0 Å². The number of piperidine rings is 1. The Hall–Kier alpha value is -1.59. The molecule has 2 amide bonds. The standard InChI is InChI=1S/C18H29N3O2/c1-3-14(2)20-18(23)19-12-15-6-4-5-7-16(15)13-21-10-8-17(22)9-11-21/h4-7,14,17,22H,3,8-13H2,1-2H3,(H2,19,20,23). The molecule has 1 aromatic carbocycles. The number of nitrogens with zero attached hydrogens (tertiary/aromatic N) is 1. The van der Waals surface area contributed by atoms with E-state index in [4.69, 9.17) is 0 Å². The second kappa shape index (κ2) is 8.89. The van der Waals surface area contributed by atoms with Crippen molar-refractivity contribution < 1.29 is 9.90 Å². The van der Waals surface area contributed by atoms with E-state index in [9.17, 15) is 9.90 Å². The summed E-state index contributed by atoms with van der Waals surface area (Å²) in [6.45, 7) is 7.31. The zero-order valence-electron chi connectivity index (χ0n) is 14.2. The Morgan fingerprint density at radius 3 is 2.61 bits per heavy atom. The number of carbonyl (C=O) groups excluding carboxylic acids is 1. The molecule has 0 saturated carbocycles. The molecular formula is C18H29N3O2. The molecule has 0 bridgehead atoms. The van der Waals surface area contributed by atoms with E-state index in [-0.39, 0.29) is 18.2 Å². The molecule has 1 heterocycles. The van der Waals surface area contributed by atoms with Crippen molar-refractivity contribution in [2.75, 3.05) is 13.1 Å². The minimum Gasteiger partial charge on any atom is -0.393 e. The maximum Gasteiger partial charge on any atom is 0.315 e. The van der Waals surface area contributed by atoms with E-state index in [0.717, 1.165) is 44.5 Å². The van der Waals surface area contributed by atoms with Gasteiger partial charge >= 0.3 is 6.03 Å². The zero-order valence-corrected chi connectivity index (χ0v) is 14.2. The fourth-order valence-electron chi connectivity index (χ4n) is 2.75. The Bertz CT molecular complexity index is 499. The van der Waals surface area contributed by atoms with E-state index in [0.29, 0.717) is 6.54 Å². The van der Waals surface area contributed by atoms with Crippen LogP contribution in [0.3, 0.4) is 0 Å².